The van der Waals surface area contributed by atoms with E-state index in [0.29, 0.717) is 0 Å². The Bertz CT molecular complexity index is 569. The summed E-state index contributed by atoms with van der Waals surface area (Å²) >= 11 is 0. The molecule has 5 heteroatoms. The van der Waals surface area contributed by atoms with Crippen LogP contribution in [0.3, 0.4) is 0 Å². The number of methoxy groups -OCH3 is 1. The maximum Gasteiger partial charge on any atom is 0.432 e. The first-order valence-electron chi connectivity index (χ1n) is 6.64. The van der Waals surface area contributed by atoms with Gasteiger partial charge in [0.2, 0.25) is 0 Å². The van der Waals surface area contributed by atoms with Gasteiger partial charge in [-0.3, -0.25) is 0 Å². The summed E-state index contributed by atoms with van der Waals surface area (Å²) in [5.41, 5.74) is 1.75. The molecule has 1 aliphatic heterocycles. The summed E-state index contributed by atoms with van der Waals surface area (Å²) in [5, 5.41) is 10.0. The highest BCUT2D eigenvalue weighted by Gasteiger charge is 2.90. The third kappa shape index (κ3) is 0.753. The lowest BCUT2D eigenvalue weighted by molar-refractivity contribution is -0.225. The fraction of sp³-hybridized carbons (Fsp3) is 0.786. The van der Waals surface area contributed by atoms with Crippen molar-refractivity contribution >= 4 is 6.09 Å². The topological polar surface area (TPSA) is 54.3 Å². The van der Waals surface area contributed by atoms with E-state index in [1.54, 1.807) is 0 Å². The summed E-state index contributed by atoms with van der Waals surface area (Å²) in [6, 6.07) is 0. The van der Waals surface area contributed by atoms with E-state index in [1.165, 1.54) is 23.3 Å². The molecular formula is C14H21N3O2. The Morgan fingerprint density at radius 1 is 1.11 bits per heavy atom. The van der Waals surface area contributed by atoms with Crippen molar-refractivity contribution in [2.45, 2.75) is 52.6 Å². The average Bonchev–Trinajstić information content (AvgIpc) is 2.67. The zero-order chi connectivity index (χ0) is 14.4. The molecule has 0 aromatic rings. The highest BCUT2D eigenvalue weighted by Crippen LogP contribution is 2.84. The summed E-state index contributed by atoms with van der Waals surface area (Å²) in [4.78, 5) is 12.0. The van der Waals surface area contributed by atoms with Crippen LogP contribution >= 0.6 is 0 Å². The molecule has 0 N–H and O–H groups in total. The van der Waals surface area contributed by atoms with Gasteiger partial charge in [-0.05, 0) is 27.7 Å². The molecule has 0 aromatic heterocycles. The minimum atomic E-state index is -0.453. The SMILES string of the molecule is COC(=O)N1N=N[C@]2(C)[C@@]3(C)C(C)=C(C)[C@@]3(C)[C@@]12C. The van der Waals surface area contributed by atoms with Crippen LogP contribution in [0.25, 0.3) is 0 Å². The van der Waals surface area contributed by atoms with Gasteiger partial charge in [-0.2, -0.15) is 10.1 Å². The fourth-order valence-electron chi connectivity index (χ4n) is 5.20. The minimum absolute atomic E-state index is 0.0366. The van der Waals surface area contributed by atoms with Crippen molar-refractivity contribution < 1.29 is 9.53 Å². The van der Waals surface area contributed by atoms with Crippen molar-refractivity contribution in [1.82, 2.24) is 5.01 Å². The molecule has 2 aliphatic carbocycles. The normalized spacial score (nSPS) is 50.4. The number of ether oxygens (including phenoxy) is 1. The molecule has 3 aliphatic rings. The second-order valence-electron chi connectivity index (χ2n) is 6.62. The Kier molecular flexibility index (Phi) is 1.90. The lowest BCUT2D eigenvalue weighted by Crippen LogP contribution is -2.89. The van der Waals surface area contributed by atoms with E-state index in [2.05, 4.69) is 51.9 Å². The van der Waals surface area contributed by atoms with Crippen molar-refractivity contribution in [1.29, 1.82) is 0 Å². The maximum absolute atomic E-state index is 12.0. The second-order valence-corrected chi connectivity index (χ2v) is 6.62. The molecule has 1 amide bonds. The standard InChI is InChI=1S/C14H21N3O2/c1-8-9(2)12(4)11(8,3)13(5)14(12,6)17(16-15-13)10(18)19-7/h1-7H3/t11-,12+,13+,14+/m0/s1. The van der Waals surface area contributed by atoms with Crippen molar-refractivity contribution in [3.05, 3.63) is 11.1 Å². The maximum atomic E-state index is 12.0. The van der Waals surface area contributed by atoms with Crippen LogP contribution in [-0.4, -0.2) is 29.3 Å². The summed E-state index contributed by atoms with van der Waals surface area (Å²) in [7, 11) is 1.38. The molecule has 5 nitrogen and oxygen atoms in total. The Morgan fingerprint density at radius 2 is 1.63 bits per heavy atom. The van der Waals surface area contributed by atoms with Crippen molar-refractivity contribution in [2.24, 2.45) is 21.2 Å². The zero-order valence-electron chi connectivity index (χ0n) is 12.7. The van der Waals surface area contributed by atoms with Gasteiger partial charge in [0.05, 0.1) is 7.11 Å². The number of hydrogen-bond acceptors (Lipinski definition) is 4. The van der Waals surface area contributed by atoms with E-state index in [4.69, 9.17) is 4.74 Å². The van der Waals surface area contributed by atoms with Crippen LogP contribution in [0.5, 0.6) is 0 Å². The molecule has 0 unspecified atom stereocenters. The van der Waals surface area contributed by atoms with E-state index >= 15 is 0 Å². The molecule has 19 heavy (non-hydrogen) atoms. The van der Waals surface area contributed by atoms with Crippen LogP contribution < -0.4 is 0 Å². The van der Waals surface area contributed by atoms with E-state index in [1.807, 2.05) is 0 Å². The zero-order valence-corrected chi connectivity index (χ0v) is 12.7. The predicted molar refractivity (Wildman–Crippen MR) is 70.5 cm³/mol. The lowest BCUT2D eigenvalue weighted by Gasteiger charge is -2.81. The molecular weight excluding hydrogens is 242 g/mol. The smallest absolute Gasteiger partial charge is 0.432 e. The molecule has 0 spiro atoms. The van der Waals surface area contributed by atoms with Crippen LogP contribution in [0.4, 0.5) is 4.79 Å². The van der Waals surface area contributed by atoms with Crippen LogP contribution in [0.2, 0.25) is 0 Å². The monoisotopic (exact) mass is 263 g/mol. The first kappa shape index (κ1) is 12.6. The average molecular weight is 263 g/mol. The second kappa shape index (κ2) is 2.86. The third-order valence-electron chi connectivity index (χ3n) is 7.06. The van der Waals surface area contributed by atoms with Crippen LogP contribution in [0.15, 0.2) is 21.5 Å². The van der Waals surface area contributed by atoms with Crippen LogP contribution in [0, 0.1) is 10.8 Å². The molecule has 1 heterocycles. The number of fused-ring (bicyclic) bond motifs is 4. The van der Waals surface area contributed by atoms with E-state index in [0.717, 1.165) is 0 Å². The van der Waals surface area contributed by atoms with Crippen LogP contribution in [0.1, 0.15) is 41.5 Å². The number of carbonyl (C=O) groups excluding carboxylic acids is 1. The number of nitrogens with zero attached hydrogens (tertiary/aromatic N) is 3. The van der Waals surface area contributed by atoms with E-state index in [-0.39, 0.29) is 16.4 Å². The molecule has 3 rings (SSSR count). The van der Waals surface area contributed by atoms with Crippen molar-refractivity contribution in [3.8, 4) is 0 Å². The van der Waals surface area contributed by atoms with E-state index < -0.39 is 11.6 Å². The predicted octanol–water partition coefficient (Wildman–Crippen LogP) is 3.33. The first-order chi connectivity index (χ1) is 8.64. The van der Waals surface area contributed by atoms with Gasteiger partial charge in [0, 0.05) is 10.8 Å². The minimum Gasteiger partial charge on any atom is -0.451 e. The number of hydrogen-bond donors (Lipinski definition) is 0. The largest absolute Gasteiger partial charge is 0.451 e. The van der Waals surface area contributed by atoms with Crippen molar-refractivity contribution in [2.75, 3.05) is 7.11 Å². The van der Waals surface area contributed by atoms with Gasteiger partial charge in [-0.15, -0.1) is 0 Å². The van der Waals surface area contributed by atoms with Gasteiger partial charge in [-0.25, -0.2) is 4.79 Å². The number of amides is 1. The highest BCUT2D eigenvalue weighted by molar-refractivity contribution is 5.73. The highest BCUT2D eigenvalue weighted by atomic mass is 16.5. The molecule has 0 saturated heterocycles. The number of rotatable bonds is 0. The Hall–Kier alpha value is -1.39. The molecule has 0 aromatic carbocycles. The molecule has 104 valence electrons. The van der Waals surface area contributed by atoms with Gasteiger partial charge < -0.3 is 4.74 Å². The molecule has 1 fully saturated rings. The quantitative estimate of drug-likeness (QED) is 0.629. The summed E-state index contributed by atoms with van der Waals surface area (Å²) in [6.45, 7) is 12.9. The van der Waals surface area contributed by atoms with Gasteiger partial charge >= 0.3 is 6.09 Å². The fourth-order valence-corrected chi connectivity index (χ4v) is 5.20. The first-order valence-corrected chi connectivity index (χ1v) is 6.64. The Morgan fingerprint density at radius 3 is 2.16 bits per heavy atom. The summed E-state index contributed by atoms with van der Waals surface area (Å²) in [6.07, 6.45) is -0.435. The molecule has 1 saturated carbocycles. The Balaban J connectivity index is 2.20. The Labute approximate surface area is 113 Å². The molecule has 4 atom stereocenters. The lowest BCUT2D eigenvalue weighted by atomic mass is 9.23. The van der Waals surface area contributed by atoms with Gasteiger partial charge in [0.25, 0.3) is 0 Å². The van der Waals surface area contributed by atoms with Gasteiger partial charge in [-0.1, -0.05) is 30.2 Å². The van der Waals surface area contributed by atoms with Crippen molar-refractivity contribution in [3.63, 3.8) is 0 Å². The molecule has 0 radical (unpaired) electrons. The van der Waals surface area contributed by atoms with E-state index in [9.17, 15) is 4.79 Å². The third-order valence-corrected chi connectivity index (χ3v) is 7.06. The van der Waals surface area contributed by atoms with Gasteiger partial charge in [0.1, 0.15) is 11.1 Å². The summed E-state index contributed by atoms with van der Waals surface area (Å²) < 4.78 is 4.86. The number of carbonyl (C=O) groups is 1. The summed E-state index contributed by atoms with van der Waals surface area (Å²) in [5.74, 6) is 0. The molecule has 0 bridgehead atoms. The van der Waals surface area contributed by atoms with Gasteiger partial charge in [0.15, 0.2) is 0 Å². The van der Waals surface area contributed by atoms with Crippen LogP contribution in [-0.2, 0) is 4.74 Å².